The van der Waals surface area contributed by atoms with E-state index in [1.807, 2.05) is 0 Å². The van der Waals surface area contributed by atoms with Crippen molar-refractivity contribution in [1.82, 2.24) is 0 Å². The maximum absolute atomic E-state index is 11.7. The van der Waals surface area contributed by atoms with Crippen LogP contribution >= 0.6 is 10.7 Å². The second-order valence-corrected chi connectivity index (χ2v) is 13.8. The summed E-state index contributed by atoms with van der Waals surface area (Å²) < 4.78 is 75.9. The Balaban J connectivity index is 0.00000124. The van der Waals surface area contributed by atoms with Gasteiger partial charge in [-0.3, -0.25) is 28.6 Å². The predicted octanol–water partition coefficient (Wildman–Crippen LogP) is 3.20. The zero-order valence-corrected chi connectivity index (χ0v) is 22.8. The molecule has 0 spiro atoms. The maximum Gasteiger partial charge on any atom is 0.269 e. The molecule has 14 nitrogen and oxygen atoms in total. The van der Waals surface area contributed by atoms with Crippen LogP contribution in [0.5, 0.6) is 0 Å². The third kappa shape index (κ3) is 14.0. The third-order valence-corrected chi connectivity index (χ3v) is 5.34. The molecule has 2 unspecified atom stereocenters. The smallest absolute Gasteiger partial charge is 0.262 e. The van der Waals surface area contributed by atoms with Crippen molar-refractivity contribution in [2.24, 2.45) is 0 Å². The first-order valence-electron chi connectivity index (χ1n) is 9.90. The molecule has 0 aliphatic carbocycles. The zero-order chi connectivity index (χ0) is 28.6. The zero-order valence-electron chi connectivity index (χ0n) is 19.6. The highest BCUT2D eigenvalue weighted by atomic mass is 35.7. The van der Waals surface area contributed by atoms with Gasteiger partial charge in [0, 0.05) is 34.9 Å². The Labute approximate surface area is 218 Å². The number of benzene rings is 2. The highest BCUT2D eigenvalue weighted by Crippen LogP contribution is 2.33. The van der Waals surface area contributed by atoms with Gasteiger partial charge in [-0.15, -0.1) is 0 Å². The van der Waals surface area contributed by atoms with E-state index in [0.29, 0.717) is 0 Å². The molecule has 0 N–H and O–H groups in total. The van der Waals surface area contributed by atoms with Crippen LogP contribution in [0.15, 0.2) is 48.5 Å². The van der Waals surface area contributed by atoms with Crippen LogP contribution in [0.3, 0.4) is 0 Å². The fourth-order valence-corrected chi connectivity index (χ4v) is 4.20. The molecule has 0 fully saturated rings. The Morgan fingerprint density at radius 1 is 0.730 bits per heavy atom. The molecule has 0 radical (unpaired) electrons. The number of halogens is 1. The van der Waals surface area contributed by atoms with E-state index in [4.69, 9.17) is 8.37 Å². The van der Waals surface area contributed by atoms with Gasteiger partial charge >= 0.3 is 0 Å². The molecular weight excluding hydrogens is 580 g/mol. The van der Waals surface area contributed by atoms with Crippen LogP contribution < -0.4 is 0 Å². The van der Waals surface area contributed by atoms with Crippen molar-refractivity contribution in [3.8, 4) is 0 Å². The summed E-state index contributed by atoms with van der Waals surface area (Å²) in [5.74, 6) is 0. The second kappa shape index (κ2) is 13.2. The average Bonchev–Trinajstić information content (AvgIpc) is 2.73. The fraction of sp³-hybridized carbons (Fsp3) is 0.368. The Kier molecular flexibility index (Phi) is 11.5. The Bertz CT molecular complexity index is 1340. The minimum atomic E-state index is -3.99. The standard InChI is InChI=1S/C18H20N2O10S2.CH3ClO2S/c1-31(25,26)29-17(13-5-3-7-15(11-13)19(21)22)9-10-18(30-32(2,27)28)14-6-4-8-16(12-14)20(23)24;1-5(2,3)4/h3-8,11-12,17-18H,9-10H2,1-2H3;1H3. The summed E-state index contributed by atoms with van der Waals surface area (Å²) in [6.45, 7) is 0. The number of hydrogen-bond acceptors (Lipinski definition) is 12. The van der Waals surface area contributed by atoms with Gasteiger partial charge in [-0.1, -0.05) is 24.3 Å². The van der Waals surface area contributed by atoms with Gasteiger partial charge in [-0.05, 0) is 24.0 Å². The van der Waals surface area contributed by atoms with Crippen LogP contribution in [0, 0.1) is 20.2 Å². The van der Waals surface area contributed by atoms with E-state index in [9.17, 15) is 45.5 Å². The van der Waals surface area contributed by atoms with E-state index in [1.54, 1.807) is 0 Å². The average molecular weight is 603 g/mol. The Hall–Kier alpha value is -2.70. The van der Waals surface area contributed by atoms with E-state index in [0.717, 1.165) is 30.9 Å². The molecule has 0 heterocycles. The van der Waals surface area contributed by atoms with Crippen LogP contribution in [0.25, 0.3) is 0 Å². The highest BCUT2D eigenvalue weighted by Gasteiger charge is 2.25. The Morgan fingerprint density at radius 3 is 1.27 bits per heavy atom. The van der Waals surface area contributed by atoms with Crippen molar-refractivity contribution in [3.05, 3.63) is 79.9 Å². The predicted molar refractivity (Wildman–Crippen MR) is 133 cm³/mol. The topological polar surface area (TPSA) is 207 Å². The number of hydrogen-bond donors (Lipinski definition) is 0. The lowest BCUT2D eigenvalue weighted by molar-refractivity contribution is -0.385. The van der Waals surface area contributed by atoms with Crippen molar-refractivity contribution < 1.29 is 43.5 Å². The molecule has 0 saturated heterocycles. The van der Waals surface area contributed by atoms with Gasteiger partial charge in [0.05, 0.1) is 28.6 Å². The van der Waals surface area contributed by atoms with Gasteiger partial charge in [0.1, 0.15) is 12.2 Å². The molecule has 0 aromatic heterocycles. The summed E-state index contributed by atoms with van der Waals surface area (Å²) in [6.07, 6.45) is -0.0865. The van der Waals surface area contributed by atoms with Gasteiger partial charge in [0.25, 0.3) is 31.6 Å². The molecule has 0 saturated carbocycles. The van der Waals surface area contributed by atoms with E-state index < -0.39 is 51.3 Å². The number of rotatable bonds is 11. The number of non-ortho nitro benzene ring substituents is 2. The molecule has 0 amide bonds. The molecule has 0 bridgehead atoms. The summed E-state index contributed by atoms with van der Waals surface area (Å²) in [5, 5.41) is 22.1. The number of nitro benzene ring substituents is 2. The normalized spacial score (nSPS) is 13.6. The lowest BCUT2D eigenvalue weighted by atomic mass is 9.98. The first-order valence-corrected chi connectivity index (χ1v) is 16.2. The minimum Gasteiger partial charge on any atom is -0.262 e. The van der Waals surface area contributed by atoms with Gasteiger partial charge in [0.15, 0.2) is 0 Å². The Morgan fingerprint density at radius 2 is 1.03 bits per heavy atom. The van der Waals surface area contributed by atoms with Crippen LogP contribution in [-0.2, 0) is 37.7 Å². The van der Waals surface area contributed by atoms with E-state index in [2.05, 4.69) is 10.7 Å². The maximum atomic E-state index is 11.7. The van der Waals surface area contributed by atoms with Crippen LogP contribution in [0.4, 0.5) is 11.4 Å². The largest absolute Gasteiger partial charge is 0.269 e. The van der Waals surface area contributed by atoms with Gasteiger partial charge in [-0.2, -0.15) is 16.8 Å². The summed E-state index contributed by atoms with van der Waals surface area (Å²) in [5.41, 5.74) is -0.206. The molecule has 2 atom stereocenters. The van der Waals surface area contributed by atoms with Gasteiger partial charge in [0.2, 0.25) is 9.05 Å². The lowest BCUT2D eigenvalue weighted by Gasteiger charge is -2.21. The summed E-state index contributed by atoms with van der Waals surface area (Å²) >= 11 is 0. The molecule has 0 aliphatic heterocycles. The van der Waals surface area contributed by atoms with E-state index >= 15 is 0 Å². The molecule has 2 aromatic carbocycles. The van der Waals surface area contributed by atoms with Gasteiger partial charge < -0.3 is 0 Å². The first-order chi connectivity index (χ1) is 16.7. The highest BCUT2D eigenvalue weighted by molar-refractivity contribution is 8.13. The lowest BCUT2D eigenvalue weighted by Crippen LogP contribution is -2.15. The quantitative estimate of drug-likeness (QED) is 0.157. The van der Waals surface area contributed by atoms with Crippen molar-refractivity contribution in [1.29, 1.82) is 0 Å². The van der Waals surface area contributed by atoms with Crippen LogP contribution in [0.1, 0.15) is 36.2 Å². The van der Waals surface area contributed by atoms with Crippen molar-refractivity contribution in [3.63, 3.8) is 0 Å². The molecule has 2 rings (SSSR count). The fourth-order valence-electron chi connectivity index (χ4n) is 2.94. The van der Waals surface area contributed by atoms with Crippen molar-refractivity contribution >= 4 is 51.3 Å². The molecule has 37 heavy (non-hydrogen) atoms. The molecule has 18 heteroatoms. The molecule has 206 valence electrons. The molecule has 0 aliphatic rings. The molecular formula is C19H23ClN2O12S3. The van der Waals surface area contributed by atoms with Crippen molar-refractivity contribution in [2.45, 2.75) is 25.0 Å². The first kappa shape index (κ1) is 32.3. The summed E-state index contributed by atoms with van der Waals surface area (Å²) in [4.78, 5) is 20.8. The molecule has 2 aromatic rings. The van der Waals surface area contributed by atoms with Crippen LogP contribution in [0.2, 0.25) is 0 Å². The number of nitrogens with zero attached hydrogens (tertiary/aromatic N) is 2. The van der Waals surface area contributed by atoms with E-state index in [-0.39, 0.29) is 35.3 Å². The minimum absolute atomic E-state index is 0.128. The SMILES string of the molecule is CS(=O)(=O)Cl.CS(=O)(=O)OC(CCC(OS(C)(=O)=O)c1cccc([N+](=O)[O-])c1)c1cccc([N+](=O)[O-])c1. The monoisotopic (exact) mass is 602 g/mol. The summed E-state index contributed by atoms with van der Waals surface area (Å²) in [6, 6.07) is 10.3. The van der Waals surface area contributed by atoms with E-state index in [1.165, 1.54) is 36.4 Å². The third-order valence-electron chi connectivity index (χ3n) is 4.18. The van der Waals surface area contributed by atoms with Crippen LogP contribution in [-0.4, -0.2) is 53.9 Å². The second-order valence-electron chi connectivity index (χ2n) is 7.54. The van der Waals surface area contributed by atoms with Gasteiger partial charge in [-0.25, -0.2) is 8.42 Å². The summed E-state index contributed by atoms with van der Waals surface area (Å²) in [7, 11) is -6.67. The van der Waals surface area contributed by atoms with Crippen molar-refractivity contribution in [2.75, 3.05) is 18.8 Å². The number of nitro groups is 2.